The summed E-state index contributed by atoms with van der Waals surface area (Å²) in [4.78, 5) is 15.0. The smallest absolute Gasteiger partial charge is 0.234 e. The number of hydrazine groups is 1. The second-order valence-corrected chi connectivity index (χ2v) is 12.6. The Bertz CT molecular complexity index is 857. The number of hydrogen-bond donors (Lipinski definition) is 2. The Balaban J connectivity index is 1.23. The molecule has 1 heterocycles. The molecule has 5 rings (SSSR count). The molecule has 4 aliphatic carbocycles. The molecule has 1 unspecified atom stereocenters. The largest absolute Gasteiger partial charge is 0.392 e. The van der Waals surface area contributed by atoms with E-state index in [4.69, 9.17) is 0 Å². The highest BCUT2D eigenvalue weighted by molar-refractivity contribution is 5.75. The van der Waals surface area contributed by atoms with Gasteiger partial charge in [-0.05, 0) is 92.7 Å². The molecule has 5 nitrogen and oxygen atoms in total. The molecule has 0 aromatic rings. The lowest BCUT2D eigenvalue weighted by atomic mass is 9.51. The maximum absolute atomic E-state index is 12.7. The van der Waals surface area contributed by atoms with Gasteiger partial charge in [-0.2, -0.15) is 0 Å². The Morgan fingerprint density at radius 2 is 1.94 bits per heavy atom. The van der Waals surface area contributed by atoms with E-state index in [1.165, 1.54) is 32.1 Å². The first-order chi connectivity index (χ1) is 16.2. The average Bonchev–Trinajstić information content (AvgIpc) is 3.17. The van der Waals surface area contributed by atoms with Crippen LogP contribution in [0.25, 0.3) is 0 Å². The van der Waals surface area contributed by atoms with Crippen LogP contribution in [0.4, 0.5) is 0 Å². The minimum Gasteiger partial charge on any atom is -0.392 e. The number of fused-ring (bicyclic) bond motifs is 4. The van der Waals surface area contributed by atoms with Crippen molar-refractivity contribution in [3.63, 3.8) is 0 Å². The third-order valence-corrected chi connectivity index (χ3v) is 10.9. The molecule has 190 valence electrons. The van der Waals surface area contributed by atoms with E-state index in [0.29, 0.717) is 24.2 Å². The minimum absolute atomic E-state index is 0.000939. The van der Waals surface area contributed by atoms with E-state index in [1.54, 1.807) is 16.7 Å². The molecule has 1 saturated heterocycles. The molecule has 34 heavy (non-hydrogen) atoms. The van der Waals surface area contributed by atoms with Crippen LogP contribution in [0.15, 0.2) is 22.8 Å². The number of aliphatic hydroxyl groups excluding tert-OH is 1. The summed E-state index contributed by atoms with van der Waals surface area (Å²) < 4.78 is 0. The molecule has 0 spiro atoms. The van der Waals surface area contributed by atoms with Gasteiger partial charge in [0.1, 0.15) is 0 Å². The quantitative estimate of drug-likeness (QED) is 0.614. The summed E-state index contributed by atoms with van der Waals surface area (Å²) in [6, 6.07) is 0. The minimum atomic E-state index is -0.170. The third kappa shape index (κ3) is 4.10. The summed E-state index contributed by atoms with van der Waals surface area (Å²) in [5.41, 5.74) is 8.22. The maximum Gasteiger partial charge on any atom is 0.234 e. The van der Waals surface area contributed by atoms with Crippen LogP contribution in [0.5, 0.6) is 0 Å². The molecule has 1 amide bonds. The molecular formula is C29H47N3O2. The van der Waals surface area contributed by atoms with Gasteiger partial charge in [0.05, 0.1) is 6.10 Å². The summed E-state index contributed by atoms with van der Waals surface area (Å²) in [5, 5.41) is 13.2. The molecule has 2 fully saturated rings. The van der Waals surface area contributed by atoms with E-state index in [-0.39, 0.29) is 22.8 Å². The van der Waals surface area contributed by atoms with Crippen molar-refractivity contribution in [1.29, 1.82) is 0 Å². The zero-order valence-corrected chi connectivity index (χ0v) is 22.0. The highest BCUT2D eigenvalue weighted by Gasteiger charge is 2.54. The zero-order valence-electron chi connectivity index (χ0n) is 22.0. The van der Waals surface area contributed by atoms with Gasteiger partial charge in [0.15, 0.2) is 0 Å². The van der Waals surface area contributed by atoms with Crippen LogP contribution in [0, 0.1) is 28.6 Å². The molecule has 0 aromatic heterocycles. The monoisotopic (exact) mass is 469 g/mol. The predicted octanol–water partition coefficient (Wildman–Crippen LogP) is 4.69. The van der Waals surface area contributed by atoms with E-state index in [9.17, 15) is 9.90 Å². The second kappa shape index (κ2) is 9.37. The Hall–Kier alpha value is -1.17. The van der Waals surface area contributed by atoms with Crippen LogP contribution in [0.1, 0.15) is 85.0 Å². The molecule has 0 bridgehead atoms. The van der Waals surface area contributed by atoms with Gasteiger partial charge in [-0.3, -0.25) is 10.2 Å². The normalized spacial score (nSPS) is 39.7. The van der Waals surface area contributed by atoms with Crippen molar-refractivity contribution in [2.24, 2.45) is 28.6 Å². The lowest BCUT2D eigenvalue weighted by molar-refractivity contribution is -0.127. The number of piperazine rings is 1. The number of rotatable bonds is 5. The van der Waals surface area contributed by atoms with Crippen molar-refractivity contribution < 1.29 is 9.90 Å². The average molecular weight is 470 g/mol. The Morgan fingerprint density at radius 3 is 2.71 bits per heavy atom. The van der Waals surface area contributed by atoms with Crippen LogP contribution >= 0.6 is 0 Å². The molecule has 1 aliphatic heterocycles. The van der Waals surface area contributed by atoms with E-state index in [0.717, 1.165) is 51.9 Å². The lowest BCUT2D eigenvalue weighted by Crippen LogP contribution is -2.52. The van der Waals surface area contributed by atoms with Crippen LogP contribution < -0.4 is 5.43 Å². The number of amides is 1. The molecule has 5 aliphatic rings. The van der Waals surface area contributed by atoms with Gasteiger partial charge in [0, 0.05) is 38.0 Å². The number of hydrogen-bond acceptors (Lipinski definition) is 4. The first-order valence-corrected chi connectivity index (χ1v) is 14.1. The fraction of sp³-hybridized carbons (Fsp3) is 0.828. The van der Waals surface area contributed by atoms with Gasteiger partial charge >= 0.3 is 0 Å². The van der Waals surface area contributed by atoms with Crippen molar-refractivity contribution in [2.75, 3.05) is 33.2 Å². The number of aliphatic hydroxyl groups is 1. The first kappa shape index (κ1) is 24.5. The standard InChI is InChI=1S/C29H47N3O2/c1-20(8-13-27(34)30-32-18-16-31(4)17-19-32)23-11-12-24-22-10-9-21-6-5-7-26(33)29(21,3)25(22)14-15-28(23,24)2/h12,20-21,23,26,33H,5-11,13-19H2,1-4H3,(H,30,34)/t20-,21-,23-,26?,28-,29+/m1/s1. The highest BCUT2D eigenvalue weighted by atomic mass is 16.3. The van der Waals surface area contributed by atoms with Crippen LogP contribution in [0.2, 0.25) is 0 Å². The van der Waals surface area contributed by atoms with Crippen LogP contribution in [-0.4, -0.2) is 60.3 Å². The fourth-order valence-corrected chi connectivity index (χ4v) is 8.51. The Kier molecular flexibility index (Phi) is 6.76. The molecule has 0 aromatic carbocycles. The maximum atomic E-state index is 12.7. The van der Waals surface area contributed by atoms with Crippen molar-refractivity contribution in [3.05, 3.63) is 22.8 Å². The molecule has 1 saturated carbocycles. The lowest BCUT2D eigenvalue weighted by Gasteiger charge is -2.55. The second-order valence-electron chi connectivity index (χ2n) is 12.6. The first-order valence-electron chi connectivity index (χ1n) is 14.1. The predicted molar refractivity (Wildman–Crippen MR) is 137 cm³/mol. The summed E-state index contributed by atoms with van der Waals surface area (Å²) in [6.45, 7) is 11.1. The van der Waals surface area contributed by atoms with Gasteiger partial charge in [0.2, 0.25) is 5.91 Å². The summed E-state index contributed by atoms with van der Waals surface area (Å²) in [7, 11) is 2.14. The van der Waals surface area contributed by atoms with Crippen molar-refractivity contribution in [3.8, 4) is 0 Å². The summed E-state index contributed by atoms with van der Waals surface area (Å²) in [6.07, 6.45) is 13.4. The topological polar surface area (TPSA) is 55.8 Å². The van der Waals surface area contributed by atoms with Crippen molar-refractivity contribution >= 4 is 5.91 Å². The summed E-state index contributed by atoms with van der Waals surface area (Å²) >= 11 is 0. The molecule has 6 atom stereocenters. The Morgan fingerprint density at radius 1 is 1.18 bits per heavy atom. The van der Waals surface area contributed by atoms with Gasteiger partial charge in [-0.25, -0.2) is 5.01 Å². The van der Waals surface area contributed by atoms with Crippen molar-refractivity contribution in [1.82, 2.24) is 15.3 Å². The highest BCUT2D eigenvalue weighted by Crippen LogP contribution is 2.64. The number of nitrogens with zero attached hydrogens (tertiary/aromatic N) is 2. The SMILES string of the molecule is C[C@H](CCC(=O)NN1CCN(C)CC1)[C@H]1CC=C2C3=C(CC[C@@]21C)[C@@]1(C)C(O)CCC[C@@H]1CC3. The third-order valence-electron chi connectivity index (χ3n) is 10.9. The van der Waals surface area contributed by atoms with Gasteiger partial charge in [-0.15, -0.1) is 0 Å². The molecule has 5 heteroatoms. The summed E-state index contributed by atoms with van der Waals surface area (Å²) in [5.74, 6) is 2.00. The van der Waals surface area contributed by atoms with E-state index in [1.807, 2.05) is 0 Å². The fourth-order valence-electron chi connectivity index (χ4n) is 8.51. The number of nitrogens with one attached hydrogen (secondary N) is 1. The van der Waals surface area contributed by atoms with E-state index < -0.39 is 0 Å². The van der Waals surface area contributed by atoms with Gasteiger partial charge in [0.25, 0.3) is 0 Å². The van der Waals surface area contributed by atoms with E-state index in [2.05, 4.69) is 49.2 Å². The molecule has 2 N–H and O–H groups in total. The molecular weight excluding hydrogens is 422 g/mol. The molecule has 0 radical (unpaired) electrons. The number of carbonyl (C=O) groups is 1. The number of likely N-dealkylation sites (N-methyl/N-ethyl adjacent to an activating group) is 1. The number of carbonyl (C=O) groups excluding carboxylic acids is 1. The number of allylic oxidation sites excluding steroid dienone is 3. The van der Waals surface area contributed by atoms with Crippen LogP contribution in [0.3, 0.4) is 0 Å². The van der Waals surface area contributed by atoms with Gasteiger partial charge in [-0.1, -0.05) is 38.8 Å². The Labute approximate surface area is 207 Å². The van der Waals surface area contributed by atoms with Crippen molar-refractivity contribution in [2.45, 2.75) is 91.1 Å². The van der Waals surface area contributed by atoms with Crippen LogP contribution in [-0.2, 0) is 4.79 Å². The van der Waals surface area contributed by atoms with E-state index >= 15 is 0 Å². The van der Waals surface area contributed by atoms with Gasteiger partial charge < -0.3 is 10.0 Å². The zero-order chi connectivity index (χ0) is 24.1.